The highest BCUT2D eigenvalue weighted by molar-refractivity contribution is 5.98. The summed E-state index contributed by atoms with van der Waals surface area (Å²) < 4.78 is 9.74. The van der Waals surface area contributed by atoms with Gasteiger partial charge in [0.25, 0.3) is 5.91 Å². The molecule has 0 aliphatic carbocycles. The standard InChI is InChI=1S/C12H15NO4/c1-3-17-11(14)8-13-12(15)9-6-4-5-7-10(9)16-2/h4-7H,3,8H2,1-2H3,(H,13,15). The van der Waals surface area contributed by atoms with Crippen LogP contribution in [0.3, 0.4) is 0 Å². The number of carbonyl (C=O) groups excluding carboxylic acids is 2. The van der Waals surface area contributed by atoms with Crippen LogP contribution in [0.5, 0.6) is 5.75 Å². The van der Waals surface area contributed by atoms with Gasteiger partial charge in [-0.25, -0.2) is 0 Å². The molecule has 0 unspecified atom stereocenters. The van der Waals surface area contributed by atoms with E-state index in [-0.39, 0.29) is 12.5 Å². The molecule has 0 heterocycles. The normalized spacial score (nSPS) is 9.53. The minimum Gasteiger partial charge on any atom is -0.496 e. The van der Waals surface area contributed by atoms with Gasteiger partial charge in [0.15, 0.2) is 0 Å². The minimum absolute atomic E-state index is 0.148. The molecular weight excluding hydrogens is 222 g/mol. The molecule has 0 spiro atoms. The highest BCUT2D eigenvalue weighted by Crippen LogP contribution is 2.16. The zero-order valence-corrected chi connectivity index (χ0v) is 9.86. The highest BCUT2D eigenvalue weighted by atomic mass is 16.5. The van der Waals surface area contributed by atoms with Gasteiger partial charge >= 0.3 is 5.97 Å². The van der Waals surface area contributed by atoms with Gasteiger partial charge in [-0.1, -0.05) is 12.1 Å². The number of benzene rings is 1. The van der Waals surface area contributed by atoms with Gasteiger partial charge in [0.1, 0.15) is 12.3 Å². The van der Waals surface area contributed by atoms with Crippen molar-refractivity contribution in [2.75, 3.05) is 20.3 Å². The third-order valence-electron chi connectivity index (χ3n) is 2.05. The van der Waals surface area contributed by atoms with Crippen LogP contribution in [0, 0.1) is 0 Å². The molecular formula is C12H15NO4. The Morgan fingerprint density at radius 2 is 2.00 bits per heavy atom. The van der Waals surface area contributed by atoms with Crippen molar-refractivity contribution in [1.82, 2.24) is 5.32 Å². The van der Waals surface area contributed by atoms with Crippen molar-refractivity contribution in [3.63, 3.8) is 0 Å². The summed E-state index contributed by atoms with van der Waals surface area (Å²) in [7, 11) is 1.48. The lowest BCUT2D eigenvalue weighted by Gasteiger charge is -2.08. The van der Waals surface area contributed by atoms with Gasteiger partial charge in [-0.05, 0) is 19.1 Å². The van der Waals surface area contributed by atoms with Crippen LogP contribution in [0.4, 0.5) is 0 Å². The van der Waals surface area contributed by atoms with Crippen LogP contribution in [-0.2, 0) is 9.53 Å². The van der Waals surface area contributed by atoms with Crippen LogP contribution in [0.15, 0.2) is 24.3 Å². The van der Waals surface area contributed by atoms with Crippen LogP contribution in [0.2, 0.25) is 0 Å². The van der Waals surface area contributed by atoms with E-state index >= 15 is 0 Å². The number of amides is 1. The number of hydrogen-bond donors (Lipinski definition) is 1. The summed E-state index contributed by atoms with van der Waals surface area (Å²) in [6.07, 6.45) is 0. The molecule has 92 valence electrons. The maximum atomic E-state index is 11.7. The molecule has 5 heteroatoms. The second-order valence-corrected chi connectivity index (χ2v) is 3.19. The lowest BCUT2D eigenvalue weighted by atomic mass is 10.2. The predicted octanol–water partition coefficient (Wildman–Crippen LogP) is 0.988. The first-order chi connectivity index (χ1) is 8.19. The molecule has 5 nitrogen and oxygen atoms in total. The van der Waals surface area contributed by atoms with E-state index < -0.39 is 5.97 Å². The van der Waals surface area contributed by atoms with Crippen LogP contribution in [-0.4, -0.2) is 32.1 Å². The molecule has 0 saturated heterocycles. The van der Waals surface area contributed by atoms with Crippen molar-refractivity contribution >= 4 is 11.9 Å². The molecule has 0 bridgehead atoms. The van der Waals surface area contributed by atoms with Crippen LogP contribution >= 0.6 is 0 Å². The van der Waals surface area contributed by atoms with Crippen molar-refractivity contribution in [3.8, 4) is 5.75 Å². The monoisotopic (exact) mass is 237 g/mol. The third-order valence-corrected chi connectivity index (χ3v) is 2.05. The summed E-state index contributed by atoms with van der Waals surface area (Å²) in [5, 5.41) is 2.46. The number of para-hydroxylation sites is 1. The lowest BCUT2D eigenvalue weighted by molar-refractivity contribution is -0.141. The Kier molecular flexibility index (Phi) is 5.00. The number of rotatable bonds is 5. The molecule has 1 amide bonds. The van der Waals surface area contributed by atoms with E-state index in [0.717, 1.165) is 0 Å². The Morgan fingerprint density at radius 1 is 1.29 bits per heavy atom. The van der Waals surface area contributed by atoms with Crippen molar-refractivity contribution < 1.29 is 19.1 Å². The van der Waals surface area contributed by atoms with Crippen LogP contribution < -0.4 is 10.1 Å². The number of ether oxygens (including phenoxy) is 2. The molecule has 0 aliphatic rings. The minimum atomic E-state index is -0.462. The van der Waals surface area contributed by atoms with E-state index in [1.54, 1.807) is 31.2 Å². The van der Waals surface area contributed by atoms with E-state index in [9.17, 15) is 9.59 Å². The fourth-order valence-electron chi connectivity index (χ4n) is 1.29. The molecule has 0 fully saturated rings. The van der Waals surface area contributed by atoms with E-state index in [4.69, 9.17) is 9.47 Å². The molecule has 0 saturated carbocycles. The summed E-state index contributed by atoms with van der Waals surface area (Å²) in [6, 6.07) is 6.79. The Balaban J connectivity index is 2.61. The number of carbonyl (C=O) groups is 2. The summed E-state index contributed by atoms with van der Waals surface area (Å²) in [5.74, 6) is -0.361. The van der Waals surface area contributed by atoms with E-state index in [1.807, 2.05) is 0 Å². The van der Waals surface area contributed by atoms with Gasteiger partial charge in [0.2, 0.25) is 0 Å². The molecule has 0 aromatic heterocycles. The van der Waals surface area contributed by atoms with Crippen molar-refractivity contribution in [3.05, 3.63) is 29.8 Å². The summed E-state index contributed by atoms with van der Waals surface area (Å²) in [6.45, 7) is 1.86. The first kappa shape index (κ1) is 13.0. The Labute approximate surface area is 99.7 Å². The summed E-state index contributed by atoms with van der Waals surface area (Å²) in [4.78, 5) is 22.8. The largest absolute Gasteiger partial charge is 0.496 e. The van der Waals surface area contributed by atoms with E-state index in [2.05, 4.69) is 5.32 Å². The Morgan fingerprint density at radius 3 is 2.65 bits per heavy atom. The van der Waals surface area contributed by atoms with Gasteiger partial charge in [-0.2, -0.15) is 0 Å². The molecule has 0 atom stereocenters. The Hall–Kier alpha value is -2.04. The smallest absolute Gasteiger partial charge is 0.325 e. The average molecular weight is 237 g/mol. The second-order valence-electron chi connectivity index (χ2n) is 3.19. The maximum Gasteiger partial charge on any atom is 0.325 e. The third kappa shape index (κ3) is 3.79. The van der Waals surface area contributed by atoms with E-state index in [1.165, 1.54) is 7.11 Å². The number of nitrogens with one attached hydrogen (secondary N) is 1. The topological polar surface area (TPSA) is 64.6 Å². The van der Waals surface area contributed by atoms with Gasteiger partial charge in [-0.15, -0.1) is 0 Å². The number of esters is 1. The Bertz CT molecular complexity index is 403. The lowest BCUT2D eigenvalue weighted by Crippen LogP contribution is -2.30. The molecule has 0 aliphatic heterocycles. The predicted molar refractivity (Wildman–Crippen MR) is 62.0 cm³/mol. The molecule has 1 rings (SSSR count). The first-order valence-corrected chi connectivity index (χ1v) is 5.25. The summed E-state index contributed by atoms with van der Waals surface area (Å²) >= 11 is 0. The maximum absolute atomic E-state index is 11.7. The van der Waals surface area contributed by atoms with Gasteiger partial charge in [0, 0.05) is 0 Å². The summed E-state index contributed by atoms with van der Waals surface area (Å²) in [5.41, 5.74) is 0.388. The number of methoxy groups -OCH3 is 1. The van der Waals surface area contributed by atoms with Crippen molar-refractivity contribution in [1.29, 1.82) is 0 Å². The van der Waals surface area contributed by atoms with Crippen LogP contribution in [0.25, 0.3) is 0 Å². The average Bonchev–Trinajstić information content (AvgIpc) is 2.36. The fraction of sp³-hybridized carbons (Fsp3) is 0.333. The molecule has 1 aromatic rings. The van der Waals surface area contributed by atoms with Gasteiger partial charge in [0.05, 0.1) is 19.3 Å². The zero-order valence-electron chi connectivity index (χ0n) is 9.86. The zero-order chi connectivity index (χ0) is 12.7. The molecule has 1 aromatic carbocycles. The second kappa shape index (κ2) is 6.52. The first-order valence-electron chi connectivity index (χ1n) is 5.25. The van der Waals surface area contributed by atoms with Crippen molar-refractivity contribution in [2.45, 2.75) is 6.92 Å². The number of hydrogen-bond acceptors (Lipinski definition) is 4. The van der Waals surface area contributed by atoms with Gasteiger partial charge < -0.3 is 14.8 Å². The SMILES string of the molecule is CCOC(=O)CNC(=O)c1ccccc1OC. The van der Waals surface area contributed by atoms with Gasteiger partial charge in [-0.3, -0.25) is 9.59 Å². The van der Waals surface area contributed by atoms with E-state index in [0.29, 0.717) is 17.9 Å². The quantitative estimate of drug-likeness (QED) is 0.775. The molecule has 1 N–H and O–H groups in total. The van der Waals surface area contributed by atoms with Crippen LogP contribution in [0.1, 0.15) is 17.3 Å². The molecule has 17 heavy (non-hydrogen) atoms. The fourth-order valence-corrected chi connectivity index (χ4v) is 1.29. The van der Waals surface area contributed by atoms with Crippen molar-refractivity contribution in [2.24, 2.45) is 0 Å². The highest BCUT2D eigenvalue weighted by Gasteiger charge is 2.12. The molecule has 0 radical (unpaired) electrons.